The van der Waals surface area contributed by atoms with E-state index < -0.39 is 0 Å². The minimum Gasteiger partial charge on any atom is -0.496 e. The zero-order valence-electron chi connectivity index (χ0n) is 17.4. The lowest BCUT2D eigenvalue weighted by Crippen LogP contribution is -2.28. The highest BCUT2D eigenvalue weighted by molar-refractivity contribution is 7.99. The van der Waals surface area contributed by atoms with Crippen LogP contribution in [0.4, 0.5) is 0 Å². The molecular weight excluding hydrogens is 384 g/mol. The number of para-hydroxylation sites is 1. The summed E-state index contributed by atoms with van der Waals surface area (Å²) >= 11 is 1.36. The fourth-order valence-corrected chi connectivity index (χ4v) is 3.76. The van der Waals surface area contributed by atoms with Gasteiger partial charge in [-0.05, 0) is 49.6 Å². The number of nitrogens with one attached hydrogen (secondary N) is 1. The van der Waals surface area contributed by atoms with Gasteiger partial charge in [0, 0.05) is 7.05 Å². The van der Waals surface area contributed by atoms with E-state index in [1.54, 1.807) is 7.11 Å². The molecule has 6 nitrogen and oxygen atoms in total. The van der Waals surface area contributed by atoms with Crippen LogP contribution in [0, 0.1) is 13.8 Å². The first-order valence-electron chi connectivity index (χ1n) is 9.42. The van der Waals surface area contributed by atoms with E-state index in [0.29, 0.717) is 11.0 Å². The quantitative estimate of drug-likeness (QED) is 0.595. The number of rotatable bonds is 7. The first kappa shape index (κ1) is 20.9. The largest absolute Gasteiger partial charge is 0.496 e. The molecule has 0 aliphatic carbocycles. The summed E-state index contributed by atoms with van der Waals surface area (Å²) in [5, 5.41) is 12.3. The Hall–Kier alpha value is -2.80. The van der Waals surface area contributed by atoms with Crippen LogP contribution >= 0.6 is 11.8 Å². The Balaban J connectivity index is 1.63. The zero-order chi connectivity index (χ0) is 21.0. The number of hydrogen-bond acceptors (Lipinski definition) is 5. The fraction of sp³-hybridized carbons (Fsp3) is 0.318. The number of aromatic nitrogens is 3. The fourth-order valence-electron chi connectivity index (χ4n) is 3.04. The van der Waals surface area contributed by atoms with Crippen LogP contribution < -0.4 is 10.1 Å². The summed E-state index contributed by atoms with van der Waals surface area (Å²) in [7, 11) is 3.52. The van der Waals surface area contributed by atoms with Gasteiger partial charge in [0.05, 0.1) is 24.5 Å². The second kappa shape index (κ2) is 9.13. The first-order valence-corrected chi connectivity index (χ1v) is 10.4. The number of thioether (sulfide) groups is 1. The molecule has 1 heterocycles. The molecule has 3 rings (SSSR count). The third-order valence-electron chi connectivity index (χ3n) is 4.92. The van der Waals surface area contributed by atoms with Crippen LogP contribution in [-0.2, 0) is 11.8 Å². The van der Waals surface area contributed by atoms with Crippen LogP contribution in [0.2, 0.25) is 0 Å². The molecule has 1 N–H and O–H groups in total. The number of ether oxygens (including phenoxy) is 1. The maximum Gasteiger partial charge on any atom is 0.230 e. The predicted molar refractivity (Wildman–Crippen MR) is 116 cm³/mol. The molecule has 29 heavy (non-hydrogen) atoms. The number of carbonyl (C=O) groups is 1. The Labute approximate surface area is 175 Å². The normalized spacial score (nSPS) is 11.9. The first-order chi connectivity index (χ1) is 13.9. The molecule has 0 saturated carbocycles. The number of benzene rings is 2. The van der Waals surface area contributed by atoms with E-state index in [2.05, 4.69) is 47.6 Å². The van der Waals surface area contributed by atoms with Crippen molar-refractivity contribution in [1.82, 2.24) is 20.1 Å². The molecule has 1 atom stereocenters. The molecule has 1 aromatic heterocycles. The second-order valence-electron chi connectivity index (χ2n) is 6.99. The zero-order valence-corrected chi connectivity index (χ0v) is 18.2. The summed E-state index contributed by atoms with van der Waals surface area (Å²) in [6.45, 7) is 6.16. The molecule has 0 bridgehead atoms. The smallest absolute Gasteiger partial charge is 0.230 e. The van der Waals surface area contributed by atoms with Gasteiger partial charge in [0.15, 0.2) is 11.0 Å². The van der Waals surface area contributed by atoms with Crippen LogP contribution in [0.25, 0.3) is 11.4 Å². The maximum absolute atomic E-state index is 12.4. The van der Waals surface area contributed by atoms with Crippen LogP contribution in [0.1, 0.15) is 29.7 Å². The summed E-state index contributed by atoms with van der Waals surface area (Å²) in [6, 6.07) is 13.9. The van der Waals surface area contributed by atoms with Gasteiger partial charge in [-0.2, -0.15) is 0 Å². The van der Waals surface area contributed by atoms with E-state index in [-0.39, 0.29) is 17.7 Å². The van der Waals surface area contributed by atoms with Crippen molar-refractivity contribution in [2.75, 3.05) is 12.9 Å². The third-order valence-corrected chi connectivity index (χ3v) is 5.94. The van der Waals surface area contributed by atoms with Crippen molar-refractivity contribution in [2.24, 2.45) is 7.05 Å². The van der Waals surface area contributed by atoms with E-state index in [4.69, 9.17) is 4.74 Å². The van der Waals surface area contributed by atoms with E-state index in [1.165, 1.54) is 22.9 Å². The van der Waals surface area contributed by atoms with Crippen molar-refractivity contribution >= 4 is 17.7 Å². The minimum atomic E-state index is -0.0500. The monoisotopic (exact) mass is 410 g/mol. The molecule has 2 aromatic carbocycles. The lowest BCUT2D eigenvalue weighted by atomic mass is 10.0. The van der Waals surface area contributed by atoms with Gasteiger partial charge in [-0.25, -0.2) is 0 Å². The van der Waals surface area contributed by atoms with E-state index in [1.807, 2.05) is 42.8 Å². The Morgan fingerprint density at radius 1 is 1.17 bits per heavy atom. The number of nitrogens with zero attached hydrogens (tertiary/aromatic N) is 3. The van der Waals surface area contributed by atoms with Crippen molar-refractivity contribution in [2.45, 2.75) is 32.0 Å². The van der Waals surface area contributed by atoms with Gasteiger partial charge >= 0.3 is 0 Å². The van der Waals surface area contributed by atoms with Crippen molar-refractivity contribution in [3.05, 3.63) is 59.2 Å². The number of methoxy groups -OCH3 is 1. The Bertz CT molecular complexity index is 1020. The summed E-state index contributed by atoms with van der Waals surface area (Å²) in [5.74, 6) is 1.67. The van der Waals surface area contributed by atoms with Crippen molar-refractivity contribution in [3.8, 4) is 17.1 Å². The van der Waals surface area contributed by atoms with Crippen LogP contribution in [0.15, 0.2) is 47.6 Å². The molecular formula is C22H26N4O2S. The topological polar surface area (TPSA) is 69.0 Å². The standard InChI is InChI=1S/C22H26N4O2S/c1-14-10-11-17(12-15(14)2)16(3)23-20(27)13-29-22-25-24-21(26(22)4)18-8-6-7-9-19(18)28-5/h6-12,16H,13H2,1-5H3,(H,23,27). The lowest BCUT2D eigenvalue weighted by Gasteiger charge is -2.15. The van der Waals surface area contributed by atoms with E-state index in [9.17, 15) is 4.79 Å². The molecule has 152 valence electrons. The molecule has 1 amide bonds. The van der Waals surface area contributed by atoms with Crippen molar-refractivity contribution in [3.63, 3.8) is 0 Å². The Morgan fingerprint density at radius 2 is 1.93 bits per heavy atom. The lowest BCUT2D eigenvalue weighted by molar-refractivity contribution is -0.119. The average molecular weight is 411 g/mol. The third kappa shape index (κ3) is 4.79. The van der Waals surface area contributed by atoms with E-state index >= 15 is 0 Å². The SMILES string of the molecule is COc1ccccc1-c1nnc(SCC(=O)NC(C)c2ccc(C)c(C)c2)n1C. The van der Waals surface area contributed by atoms with Gasteiger partial charge in [-0.15, -0.1) is 10.2 Å². The molecule has 7 heteroatoms. The van der Waals surface area contributed by atoms with Crippen LogP contribution in [-0.4, -0.2) is 33.5 Å². The van der Waals surface area contributed by atoms with Crippen molar-refractivity contribution < 1.29 is 9.53 Å². The number of carbonyl (C=O) groups excluding carboxylic acids is 1. The van der Waals surface area contributed by atoms with Gasteiger partial charge < -0.3 is 14.6 Å². The molecule has 0 saturated heterocycles. The molecule has 1 unspecified atom stereocenters. The summed E-state index contributed by atoms with van der Waals surface area (Å²) in [5.41, 5.74) is 4.44. The number of hydrogen-bond donors (Lipinski definition) is 1. The van der Waals surface area contributed by atoms with Gasteiger partial charge in [0.2, 0.25) is 5.91 Å². The highest BCUT2D eigenvalue weighted by Crippen LogP contribution is 2.30. The molecule has 0 spiro atoms. The van der Waals surface area contributed by atoms with Crippen LogP contribution in [0.3, 0.4) is 0 Å². The van der Waals surface area contributed by atoms with Crippen LogP contribution in [0.5, 0.6) is 5.75 Å². The van der Waals surface area contributed by atoms with Gasteiger partial charge in [-0.3, -0.25) is 4.79 Å². The average Bonchev–Trinajstić information content (AvgIpc) is 3.08. The highest BCUT2D eigenvalue weighted by Gasteiger charge is 2.17. The van der Waals surface area contributed by atoms with Gasteiger partial charge in [0.25, 0.3) is 0 Å². The molecule has 0 fully saturated rings. The van der Waals surface area contributed by atoms with Crippen molar-refractivity contribution in [1.29, 1.82) is 0 Å². The molecule has 0 radical (unpaired) electrons. The van der Waals surface area contributed by atoms with Gasteiger partial charge in [-0.1, -0.05) is 42.1 Å². The maximum atomic E-state index is 12.4. The Morgan fingerprint density at radius 3 is 2.66 bits per heavy atom. The summed E-state index contributed by atoms with van der Waals surface area (Å²) < 4.78 is 7.29. The number of aryl methyl sites for hydroxylation is 2. The molecule has 3 aromatic rings. The summed E-state index contributed by atoms with van der Waals surface area (Å²) in [6.07, 6.45) is 0. The Kier molecular flexibility index (Phi) is 6.59. The van der Waals surface area contributed by atoms with Gasteiger partial charge in [0.1, 0.15) is 5.75 Å². The van der Waals surface area contributed by atoms with E-state index in [0.717, 1.165) is 16.9 Å². The second-order valence-corrected chi connectivity index (χ2v) is 7.93. The minimum absolute atomic E-state index is 0.0393. The number of amides is 1. The highest BCUT2D eigenvalue weighted by atomic mass is 32.2. The molecule has 0 aliphatic heterocycles. The predicted octanol–water partition coefficient (Wildman–Crippen LogP) is 4.08. The summed E-state index contributed by atoms with van der Waals surface area (Å²) in [4.78, 5) is 12.4. The molecule has 0 aliphatic rings.